The highest BCUT2D eigenvalue weighted by atomic mass is 16.3. The van der Waals surface area contributed by atoms with Crippen molar-refractivity contribution in [2.45, 2.75) is 103 Å². The van der Waals surface area contributed by atoms with Crippen LogP contribution >= 0.6 is 0 Å². The lowest BCUT2D eigenvalue weighted by atomic mass is 9.79. The molecule has 2 nitrogen and oxygen atoms in total. The van der Waals surface area contributed by atoms with Crippen molar-refractivity contribution >= 4 is 39.0 Å². The van der Waals surface area contributed by atoms with Crippen LogP contribution in [-0.2, 0) is 16.2 Å². The Hall–Kier alpha value is -5.86. The molecule has 298 valence electrons. The minimum Gasteiger partial charge on any atom is -0.456 e. The van der Waals surface area contributed by atoms with E-state index in [1.165, 1.54) is 121 Å². The van der Waals surface area contributed by atoms with Gasteiger partial charge in [-0.15, -0.1) is 0 Å². The van der Waals surface area contributed by atoms with E-state index < -0.39 is 0 Å². The summed E-state index contributed by atoms with van der Waals surface area (Å²) >= 11 is 0. The van der Waals surface area contributed by atoms with E-state index in [2.05, 4.69) is 193 Å². The van der Waals surface area contributed by atoms with Crippen LogP contribution in [0.3, 0.4) is 0 Å². The summed E-state index contributed by atoms with van der Waals surface area (Å²) in [5, 5.41) is 2.42. The lowest BCUT2D eigenvalue weighted by molar-refractivity contribution is 0.442. The highest BCUT2D eigenvalue weighted by Gasteiger charge is 2.40. The van der Waals surface area contributed by atoms with Crippen molar-refractivity contribution in [2.24, 2.45) is 0 Å². The van der Waals surface area contributed by atoms with Crippen LogP contribution in [0.15, 0.2) is 144 Å². The molecule has 1 aromatic heterocycles. The average Bonchev–Trinajstić information content (AvgIpc) is 3.83. The first-order valence-corrected chi connectivity index (χ1v) is 22.3. The SMILES string of the molecule is CC(C)(C)c1cccc2c1-c1ccc(N(c3cccc(-c4ccc5oc6c(C7CCCCC7)cccc6c5c4)c3)c3ccc4c(c3)C(C)(C)c3ccccc3-4)cc1C2(C)C. The molecule has 0 saturated heterocycles. The van der Waals surface area contributed by atoms with Crippen LogP contribution in [0.4, 0.5) is 17.1 Å². The topological polar surface area (TPSA) is 16.4 Å². The van der Waals surface area contributed by atoms with E-state index in [-0.39, 0.29) is 16.2 Å². The largest absolute Gasteiger partial charge is 0.456 e. The number of fused-ring (bicyclic) bond motifs is 9. The van der Waals surface area contributed by atoms with Gasteiger partial charge in [0.05, 0.1) is 0 Å². The van der Waals surface area contributed by atoms with Gasteiger partial charge in [0, 0.05) is 38.7 Å². The molecule has 1 fully saturated rings. The van der Waals surface area contributed by atoms with E-state index >= 15 is 0 Å². The number of benzene rings is 7. The molecule has 0 atom stereocenters. The van der Waals surface area contributed by atoms with Gasteiger partial charge in [-0.1, -0.05) is 159 Å². The second-order valence-electron chi connectivity index (χ2n) is 20.0. The fourth-order valence-electron chi connectivity index (χ4n) is 11.4. The van der Waals surface area contributed by atoms with Gasteiger partial charge in [0.1, 0.15) is 11.2 Å². The van der Waals surface area contributed by atoms with Crippen molar-refractivity contribution in [3.63, 3.8) is 0 Å². The highest BCUT2D eigenvalue weighted by Crippen LogP contribution is 2.55. The summed E-state index contributed by atoms with van der Waals surface area (Å²) in [5.41, 5.74) is 21.5. The molecule has 3 aliphatic rings. The number of rotatable bonds is 5. The zero-order valence-corrected chi connectivity index (χ0v) is 36.2. The van der Waals surface area contributed by atoms with Gasteiger partial charge in [0.25, 0.3) is 0 Å². The second kappa shape index (κ2) is 13.3. The molecule has 3 aliphatic carbocycles. The van der Waals surface area contributed by atoms with Gasteiger partial charge in [0.2, 0.25) is 0 Å². The third kappa shape index (κ3) is 5.59. The Morgan fingerprint density at radius 3 is 1.93 bits per heavy atom. The number of nitrogens with zero attached hydrogens (tertiary/aromatic N) is 1. The zero-order chi connectivity index (χ0) is 41.1. The average molecular weight is 782 g/mol. The molecule has 60 heavy (non-hydrogen) atoms. The van der Waals surface area contributed by atoms with Crippen LogP contribution in [0.1, 0.15) is 120 Å². The van der Waals surface area contributed by atoms with E-state index in [1.807, 2.05) is 0 Å². The molecule has 8 aromatic rings. The standard InChI is InChI=1S/C58H55NO/c1-56(2,3)49-24-15-25-50-54(49)46-30-28-41(35-52(46)58(50,6)7)59(40-27-29-44-43-20-11-12-23-48(43)57(4,5)51(44)34-40)39-19-13-18-37(32-39)38-26-31-53-47(33-38)45-22-14-21-42(55(45)60-53)36-16-9-8-10-17-36/h11-15,18-36H,8-10,16-17H2,1-7H3. The summed E-state index contributed by atoms with van der Waals surface area (Å²) in [5.74, 6) is 0.587. The van der Waals surface area contributed by atoms with Gasteiger partial charge in [-0.05, 0) is 139 Å². The van der Waals surface area contributed by atoms with Crippen molar-refractivity contribution < 1.29 is 4.42 Å². The number of furan rings is 1. The quantitative estimate of drug-likeness (QED) is 0.173. The second-order valence-corrected chi connectivity index (χ2v) is 20.0. The zero-order valence-electron chi connectivity index (χ0n) is 36.2. The third-order valence-electron chi connectivity index (χ3n) is 14.6. The molecule has 0 spiro atoms. The molecule has 0 bridgehead atoms. The molecule has 7 aromatic carbocycles. The van der Waals surface area contributed by atoms with Gasteiger partial charge in [0.15, 0.2) is 0 Å². The summed E-state index contributed by atoms with van der Waals surface area (Å²) < 4.78 is 6.68. The smallest absolute Gasteiger partial charge is 0.138 e. The summed E-state index contributed by atoms with van der Waals surface area (Å²) in [6.07, 6.45) is 6.48. The summed E-state index contributed by atoms with van der Waals surface area (Å²) in [6.45, 7) is 16.6. The fraction of sp³-hybridized carbons (Fsp3) is 0.276. The third-order valence-corrected chi connectivity index (χ3v) is 14.6. The van der Waals surface area contributed by atoms with Gasteiger partial charge in [-0.3, -0.25) is 0 Å². The van der Waals surface area contributed by atoms with Crippen LogP contribution in [0.25, 0.3) is 55.3 Å². The Kier molecular flexibility index (Phi) is 8.25. The van der Waals surface area contributed by atoms with Crippen LogP contribution in [-0.4, -0.2) is 0 Å². The van der Waals surface area contributed by atoms with Crippen molar-refractivity contribution in [3.8, 4) is 33.4 Å². The van der Waals surface area contributed by atoms with Crippen molar-refractivity contribution in [1.82, 2.24) is 0 Å². The maximum absolute atomic E-state index is 6.68. The van der Waals surface area contributed by atoms with E-state index in [0.717, 1.165) is 16.9 Å². The minimum atomic E-state index is -0.142. The first kappa shape index (κ1) is 37.2. The minimum absolute atomic E-state index is 0.0341. The molecule has 2 heteroatoms. The predicted molar refractivity (Wildman–Crippen MR) is 253 cm³/mol. The maximum Gasteiger partial charge on any atom is 0.138 e. The first-order chi connectivity index (χ1) is 28.9. The Morgan fingerprint density at radius 1 is 0.517 bits per heavy atom. The number of para-hydroxylation sites is 1. The maximum atomic E-state index is 6.68. The van der Waals surface area contributed by atoms with Gasteiger partial charge in [-0.25, -0.2) is 0 Å². The predicted octanol–water partition coefficient (Wildman–Crippen LogP) is 16.7. The summed E-state index contributed by atoms with van der Waals surface area (Å²) in [4.78, 5) is 2.50. The summed E-state index contributed by atoms with van der Waals surface area (Å²) in [7, 11) is 0. The normalized spacial score (nSPS) is 16.4. The highest BCUT2D eigenvalue weighted by molar-refractivity contribution is 6.07. The molecule has 0 aliphatic heterocycles. The lowest BCUT2D eigenvalue weighted by Gasteiger charge is -2.30. The molecule has 0 N–H and O–H groups in total. The first-order valence-electron chi connectivity index (χ1n) is 22.3. The van der Waals surface area contributed by atoms with Crippen LogP contribution in [0.2, 0.25) is 0 Å². The number of hydrogen-bond acceptors (Lipinski definition) is 2. The van der Waals surface area contributed by atoms with Crippen LogP contribution in [0, 0.1) is 0 Å². The molecule has 11 rings (SSSR count). The Bertz CT molecular complexity index is 3010. The number of anilines is 3. The van der Waals surface area contributed by atoms with Crippen molar-refractivity contribution in [3.05, 3.63) is 173 Å². The van der Waals surface area contributed by atoms with E-state index in [0.29, 0.717) is 5.92 Å². The molecule has 0 unspecified atom stereocenters. The molecule has 1 saturated carbocycles. The van der Waals surface area contributed by atoms with E-state index in [4.69, 9.17) is 4.42 Å². The lowest BCUT2D eigenvalue weighted by Crippen LogP contribution is -2.18. The Balaban J connectivity index is 1.07. The van der Waals surface area contributed by atoms with Gasteiger partial charge < -0.3 is 9.32 Å². The van der Waals surface area contributed by atoms with E-state index in [9.17, 15) is 0 Å². The molecule has 0 amide bonds. The molecular weight excluding hydrogens is 727 g/mol. The van der Waals surface area contributed by atoms with Crippen LogP contribution in [0.5, 0.6) is 0 Å². The molecular formula is C58H55NO. The van der Waals surface area contributed by atoms with Gasteiger partial charge >= 0.3 is 0 Å². The number of hydrogen-bond donors (Lipinski definition) is 0. The molecule has 0 radical (unpaired) electrons. The monoisotopic (exact) mass is 781 g/mol. The summed E-state index contributed by atoms with van der Waals surface area (Å²) in [6, 6.07) is 53.0. The Morgan fingerprint density at radius 2 is 1.15 bits per heavy atom. The van der Waals surface area contributed by atoms with Crippen molar-refractivity contribution in [2.75, 3.05) is 4.90 Å². The molecule has 1 heterocycles. The Labute approximate surface area is 355 Å². The fourth-order valence-corrected chi connectivity index (χ4v) is 11.4. The van der Waals surface area contributed by atoms with Crippen molar-refractivity contribution in [1.29, 1.82) is 0 Å². The van der Waals surface area contributed by atoms with E-state index in [1.54, 1.807) is 0 Å². The van der Waals surface area contributed by atoms with Gasteiger partial charge in [-0.2, -0.15) is 0 Å². The van der Waals surface area contributed by atoms with Crippen LogP contribution < -0.4 is 4.90 Å².